The molecule has 0 unspecified atom stereocenters. The molecule has 29 heavy (non-hydrogen) atoms. The normalized spacial score (nSPS) is 13.4. The van der Waals surface area contributed by atoms with E-state index in [0.29, 0.717) is 48.4 Å². The van der Waals surface area contributed by atoms with Gasteiger partial charge in [0.05, 0.1) is 12.1 Å². The Morgan fingerprint density at radius 1 is 1.14 bits per heavy atom. The van der Waals surface area contributed by atoms with Gasteiger partial charge in [-0.05, 0) is 57.2 Å². The topological polar surface area (TPSA) is 108 Å². The van der Waals surface area contributed by atoms with Gasteiger partial charge in [-0.15, -0.1) is 0 Å². The summed E-state index contributed by atoms with van der Waals surface area (Å²) >= 11 is 0. The SMILES string of the molecule is CN(C)CCN1C(=O)c2cccc3cc(NC(=O)CNCCCN)cc(c23)C1=O. The van der Waals surface area contributed by atoms with Gasteiger partial charge in [0.25, 0.3) is 11.8 Å². The van der Waals surface area contributed by atoms with Crippen molar-refractivity contribution in [3.63, 3.8) is 0 Å². The predicted octanol–water partition coefficient (Wildman–Crippen LogP) is 0.874. The minimum atomic E-state index is -0.335. The average molecular weight is 397 g/mol. The number of nitrogens with one attached hydrogen (secondary N) is 2. The van der Waals surface area contributed by atoms with E-state index >= 15 is 0 Å². The van der Waals surface area contributed by atoms with Gasteiger partial charge in [0.1, 0.15) is 0 Å². The van der Waals surface area contributed by atoms with Gasteiger partial charge in [-0.1, -0.05) is 12.1 Å². The van der Waals surface area contributed by atoms with Gasteiger partial charge in [0.15, 0.2) is 0 Å². The number of carbonyl (C=O) groups excluding carboxylic acids is 3. The second-order valence-corrected chi connectivity index (χ2v) is 7.36. The van der Waals surface area contributed by atoms with Crippen LogP contribution in [0.4, 0.5) is 5.69 Å². The zero-order chi connectivity index (χ0) is 21.0. The van der Waals surface area contributed by atoms with Crippen LogP contribution in [0.15, 0.2) is 30.3 Å². The Balaban J connectivity index is 1.88. The largest absolute Gasteiger partial charge is 0.330 e. The summed E-state index contributed by atoms with van der Waals surface area (Å²) in [5, 5.41) is 7.25. The Morgan fingerprint density at radius 2 is 1.90 bits per heavy atom. The van der Waals surface area contributed by atoms with Crippen LogP contribution in [0, 0.1) is 0 Å². The predicted molar refractivity (Wildman–Crippen MR) is 113 cm³/mol. The minimum Gasteiger partial charge on any atom is -0.330 e. The van der Waals surface area contributed by atoms with Crippen LogP contribution in [-0.2, 0) is 4.79 Å². The lowest BCUT2D eigenvalue weighted by Crippen LogP contribution is -2.43. The van der Waals surface area contributed by atoms with Crippen LogP contribution < -0.4 is 16.4 Å². The third-order valence-electron chi connectivity index (χ3n) is 4.83. The standard InChI is InChI=1S/C21H27N5O3/c1-25(2)9-10-26-20(28)16-6-3-5-14-11-15(12-17(19(14)16)21(26)29)24-18(27)13-23-8-4-7-22/h3,5-6,11-12,23H,4,7-10,13,22H2,1-2H3,(H,24,27). The molecule has 0 aliphatic carbocycles. The first-order chi connectivity index (χ1) is 13.9. The molecule has 0 saturated heterocycles. The number of nitrogens with two attached hydrogens (primary N) is 1. The number of anilines is 1. The van der Waals surface area contributed by atoms with Crippen molar-refractivity contribution >= 4 is 34.2 Å². The highest BCUT2D eigenvalue weighted by Gasteiger charge is 2.33. The molecule has 1 aliphatic rings. The third-order valence-corrected chi connectivity index (χ3v) is 4.83. The lowest BCUT2D eigenvalue weighted by atomic mass is 9.93. The van der Waals surface area contributed by atoms with E-state index in [2.05, 4.69) is 10.6 Å². The highest BCUT2D eigenvalue weighted by Crippen LogP contribution is 2.32. The lowest BCUT2D eigenvalue weighted by molar-refractivity contribution is -0.115. The average Bonchev–Trinajstić information content (AvgIpc) is 2.68. The third kappa shape index (κ3) is 4.61. The van der Waals surface area contributed by atoms with Gasteiger partial charge in [0.2, 0.25) is 5.91 Å². The van der Waals surface area contributed by atoms with Crippen LogP contribution >= 0.6 is 0 Å². The summed E-state index contributed by atoms with van der Waals surface area (Å²) in [7, 11) is 3.78. The molecule has 0 atom stereocenters. The monoisotopic (exact) mass is 397 g/mol. The fraction of sp³-hybridized carbons (Fsp3) is 0.381. The minimum absolute atomic E-state index is 0.162. The summed E-state index contributed by atoms with van der Waals surface area (Å²) in [4.78, 5) is 41.3. The van der Waals surface area contributed by atoms with Gasteiger partial charge in [-0.2, -0.15) is 0 Å². The molecule has 154 valence electrons. The van der Waals surface area contributed by atoms with Crippen molar-refractivity contribution in [2.45, 2.75) is 6.42 Å². The van der Waals surface area contributed by atoms with Crippen LogP contribution in [0.2, 0.25) is 0 Å². The number of amides is 3. The van der Waals surface area contributed by atoms with Crippen LogP contribution in [0.3, 0.4) is 0 Å². The van der Waals surface area contributed by atoms with Crippen molar-refractivity contribution < 1.29 is 14.4 Å². The van der Waals surface area contributed by atoms with Crippen LogP contribution in [0.5, 0.6) is 0 Å². The molecule has 8 nitrogen and oxygen atoms in total. The van der Waals surface area contributed by atoms with E-state index < -0.39 is 0 Å². The molecule has 2 aromatic rings. The molecule has 0 saturated carbocycles. The van der Waals surface area contributed by atoms with Gasteiger partial charge in [-0.3, -0.25) is 19.3 Å². The Morgan fingerprint density at radius 3 is 2.62 bits per heavy atom. The number of likely N-dealkylation sites (N-methyl/N-ethyl adjacent to an activating group) is 1. The summed E-state index contributed by atoms with van der Waals surface area (Å²) in [6.07, 6.45) is 0.793. The number of rotatable bonds is 9. The Labute approximate surface area is 170 Å². The Bertz CT molecular complexity index is 941. The maximum atomic E-state index is 13.1. The summed E-state index contributed by atoms with van der Waals surface area (Å²) < 4.78 is 0. The first-order valence-electron chi connectivity index (χ1n) is 9.70. The quantitative estimate of drug-likeness (QED) is 0.428. The number of hydrogen-bond acceptors (Lipinski definition) is 6. The van der Waals surface area contributed by atoms with E-state index in [9.17, 15) is 14.4 Å². The molecule has 0 spiro atoms. The zero-order valence-electron chi connectivity index (χ0n) is 16.8. The molecule has 3 rings (SSSR count). The number of imide groups is 1. The fourth-order valence-electron chi connectivity index (χ4n) is 3.37. The number of nitrogens with zero attached hydrogens (tertiary/aromatic N) is 2. The first-order valence-corrected chi connectivity index (χ1v) is 9.70. The van der Waals surface area contributed by atoms with Crippen LogP contribution in [-0.4, -0.2) is 74.3 Å². The molecule has 0 aromatic heterocycles. The second-order valence-electron chi connectivity index (χ2n) is 7.36. The van der Waals surface area contributed by atoms with E-state index in [1.165, 1.54) is 4.90 Å². The van der Waals surface area contributed by atoms with Crippen molar-refractivity contribution in [3.8, 4) is 0 Å². The zero-order valence-corrected chi connectivity index (χ0v) is 16.8. The smallest absolute Gasteiger partial charge is 0.261 e. The van der Waals surface area contributed by atoms with Crippen molar-refractivity contribution in [3.05, 3.63) is 41.5 Å². The second kappa shape index (κ2) is 9.13. The maximum Gasteiger partial charge on any atom is 0.261 e. The van der Waals surface area contributed by atoms with Crippen molar-refractivity contribution in [2.75, 3.05) is 52.1 Å². The molecular formula is C21H27N5O3. The Kier molecular flexibility index (Phi) is 6.58. The van der Waals surface area contributed by atoms with Gasteiger partial charge in [-0.25, -0.2) is 0 Å². The summed E-state index contributed by atoms with van der Waals surface area (Å²) in [6, 6.07) is 8.81. The molecular weight excluding hydrogens is 370 g/mol. The number of carbonyl (C=O) groups is 3. The van der Waals surface area contributed by atoms with E-state index in [-0.39, 0.29) is 24.3 Å². The molecule has 4 N–H and O–H groups in total. The molecule has 0 bridgehead atoms. The highest BCUT2D eigenvalue weighted by molar-refractivity contribution is 6.26. The van der Waals surface area contributed by atoms with Gasteiger partial charge >= 0.3 is 0 Å². The van der Waals surface area contributed by atoms with Gasteiger partial charge in [0, 0.05) is 29.7 Å². The van der Waals surface area contributed by atoms with Crippen LogP contribution in [0.25, 0.3) is 10.8 Å². The Hall–Kier alpha value is -2.81. The van der Waals surface area contributed by atoms with E-state index in [1.807, 2.05) is 25.1 Å². The molecule has 0 radical (unpaired) electrons. The van der Waals surface area contributed by atoms with Gasteiger partial charge < -0.3 is 21.3 Å². The van der Waals surface area contributed by atoms with E-state index in [0.717, 1.165) is 11.8 Å². The summed E-state index contributed by atoms with van der Waals surface area (Å²) in [5.74, 6) is -0.818. The summed E-state index contributed by atoms with van der Waals surface area (Å²) in [5.41, 5.74) is 6.92. The van der Waals surface area contributed by atoms with Crippen molar-refractivity contribution in [1.82, 2.24) is 15.1 Å². The molecule has 8 heteroatoms. The van der Waals surface area contributed by atoms with Crippen molar-refractivity contribution in [2.24, 2.45) is 5.73 Å². The molecule has 1 heterocycles. The van der Waals surface area contributed by atoms with E-state index in [4.69, 9.17) is 5.73 Å². The molecule has 2 aromatic carbocycles. The molecule has 3 amide bonds. The number of hydrogen-bond donors (Lipinski definition) is 3. The molecule has 1 aliphatic heterocycles. The van der Waals surface area contributed by atoms with Crippen molar-refractivity contribution in [1.29, 1.82) is 0 Å². The maximum absolute atomic E-state index is 13.1. The first kappa shape index (κ1) is 20.9. The molecule has 0 fully saturated rings. The fourth-order valence-corrected chi connectivity index (χ4v) is 3.37. The lowest BCUT2D eigenvalue weighted by Gasteiger charge is -2.28. The number of benzene rings is 2. The van der Waals surface area contributed by atoms with E-state index in [1.54, 1.807) is 24.3 Å². The van der Waals surface area contributed by atoms with Crippen LogP contribution in [0.1, 0.15) is 27.1 Å². The highest BCUT2D eigenvalue weighted by atomic mass is 16.2. The summed E-state index contributed by atoms with van der Waals surface area (Å²) in [6.45, 7) is 2.28.